The molecule has 15 heavy (non-hydrogen) atoms. The molecular weight excluding hydrogens is 212 g/mol. The second kappa shape index (κ2) is 3.47. The molecule has 0 saturated carbocycles. The van der Waals surface area contributed by atoms with Crippen molar-refractivity contribution in [3.05, 3.63) is 34.7 Å². The minimum Gasteiger partial charge on any atom is -0.380 e. The maximum atomic E-state index is 11.7. The van der Waals surface area contributed by atoms with Crippen molar-refractivity contribution in [1.82, 2.24) is 0 Å². The highest BCUT2D eigenvalue weighted by molar-refractivity contribution is 7.95. The van der Waals surface area contributed by atoms with Crippen LogP contribution in [0.25, 0.3) is 5.57 Å². The van der Waals surface area contributed by atoms with E-state index in [0.717, 1.165) is 16.7 Å². The summed E-state index contributed by atoms with van der Waals surface area (Å²) < 4.78 is 28.4. The quantitative estimate of drug-likeness (QED) is 0.769. The van der Waals surface area contributed by atoms with Crippen LogP contribution in [-0.2, 0) is 14.6 Å². The van der Waals surface area contributed by atoms with E-state index in [1.165, 1.54) is 5.41 Å². The molecule has 2 rings (SSSR count). The lowest BCUT2D eigenvalue weighted by molar-refractivity contribution is 0.240. The predicted octanol–water partition coefficient (Wildman–Crippen LogP) is 1.77. The first-order chi connectivity index (χ1) is 7.04. The Labute approximate surface area is 89.3 Å². The van der Waals surface area contributed by atoms with Gasteiger partial charge in [-0.25, -0.2) is 8.42 Å². The van der Waals surface area contributed by atoms with Crippen LogP contribution < -0.4 is 0 Å². The van der Waals surface area contributed by atoms with E-state index < -0.39 is 9.84 Å². The summed E-state index contributed by atoms with van der Waals surface area (Å²) in [5.74, 6) is 0. The lowest BCUT2D eigenvalue weighted by atomic mass is 10.1. The van der Waals surface area contributed by atoms with Crippen molar-refractivity contribution in [2.24, 2.45) is 0 Å². The van der Waals surface area contributed by atoms with E-state index in [0.29, 0.717) is 11.5 Å². The second-order valence-corrected chi connectivity index (χ2v) is 5.39. The lowest BCUT2D eigenvalue weighted by Crippen LogP contribution is -1.94. The van der Waals surface area contributed by atoms with E-state index in [2.05, 4.69) is 0 Å². The maximum absolute atomic E-state index is 11.7. The van der Waals surface area contributed by atoms with Crippen molar-refractivity contribution in [2.45, 2.75) is 11.8 Å². The van der Waals surface area contributed by atoms with Gasteiger partial charge in [-0.2, -0.15) is 0 Å². The molecule has 0 bridgehead atoms. The standard InChI is InChI=1S/C11H12O3S/c1-8-3-4-11-10(5-8)9(6-14-2)7-15(11,12)13/h3-5,7H,6H2,1-2H3. The molecule has 1 heterocycles. The average Bonchev–Trinajstić information content (AvgIpc) is 2.39. The van der Waals surface area contributed by atoms with Crippen LogP contribution in [0.2, 0.25) is 0 Å². The monoisotopic (exact) mass is 224 g/mol. The zero-order chi connectivity index (χ0) is 11.1. The van der Waals surface area contributed by atoms with Crippen molar-refractivity contribution in [2.75, 3.05) is 13.7 Å². The van der Waals surface area contributed by atoms with Crippen LogP contribution in [0.5, 0.6) is 0 Å². The Hall–Kier alpha value is -1.13. The van der Waals surface area contributed by atoms with Gasteiger partial charge in [0.15, 0.2) is 0 Å². The van der Waals surface area contributed by atoms with Crippen molar-refractivity contribution >= 4 is 15.4 Å². The summed E-state index contributed by atoms with van der Waals surface area (Å²) >= 11 is 0. The first-order valence-electron chi connectivity index (χ1n) is 4.60. The van der Waals surface area contributed by atoms with Crippen LogP contribution >= 0.6 is 0 Å². The number of sulfone groups is 1. The first kappa shape index (κ1) is 10.4. The van der Waals surface area contributed by atoms with Gasteiger partial charge in [0.05, 0.1) is 11.5 Å². The summed E-state index contributed by atoms with van der Waals surface area (Å²) in [6, 6.07) is 5.34. The second-order valence-electron chi connectivity index (χ2n) is 3.62. The molecule has 0 unspecified atom stereocenters. The first-order valence-corrected chi connectivity index (χ1v) is 6.15. The molecule has 0 aliphatic carbocycles. The maximum Gasteiger partial charge on any atom is 0.200 e. The molecule has 80 valence electrons. The molecule has 0 aromatic heterocycles. The third kappa shape index (κ3) is 1.70. The highest BCUT2D eigenvalue weighted by Crippen LogP contribution is 2.33. The van der Waals surface area contributed by atoms with Gasteiger partial charge in [0.2, 0.25) is 9.84 Å². The summed E-state index contributed by atoms with van der Waals surface area (Å²) in [5.41, 5.74) is 2.56. The highest BCUT2D eigenvalue weighted by Gasteiger charge is 2.26. The Kier molecular flexibility index (Phi) is 2.40. The van der Waals surface area contributed by atoms with E-state index in [4.69, 9.17) is 4.74 Å². The van der Waals surface area contributed by atoms with Crippen LogP contribution in [0.15, 0.2) is 28.5 Å². The third-order valence-electron chi connectivity index (χ3n) is 2.38. The Morgan fingerprint density at radius 1 is 1.33 bits per heavy atom. The largest absolute Gasteiger partial charge is 0.380 e. The molecule has 0 atom stereocenters. The predicted molar refractivity (Wildman–Crippen MR) is 58.2 cm³/mol. The number of hydrogen-bond acceptors (Lipinski definition) is 3. The molecule has 0 radical (unpaired) electrons. The molecule has 1 aromatic carbocycles. The molecule has 0 saturated heterocycles. The molecule has 0 amide bonds. The molecule has 0 spiro atoms. The lowest BCUT2D eigenvalue weighted by Gasteiger charge is -2.04. The zero-order valence-electron chi connectivity index (χ0n) is 8.65. The number of benzene rings is 1. The number of rotatable bonds is 2. The normalized spacial score (nSPS) is 17.3. The third-order valence-corrected chi connectivity index (χ3v) is 3.95. The van der Waals surface area contributed by atoms with Gasteiger partial charge in [0, 0.05) is 12.5 Å². The molecule has 1 aliphatic rings. The summed E-state index contributed by atoms with van der Waals surface area (Å²) in [5, 5.41) is 1.29. The fourth-order valence-electron chi connectivity index (χ4n) is 1.72. The van der Waals surface area contributed by atoms with E-state index >= 15 is 0 Å². The van der Waals surface area contributed by atoms with Gasteiger partial charge in [-0.15, -0.1) is 0 Å². The van der Waals surface area contributed by atoms with Crippen LogP contribution in [0.1, 0.15) is 11.1 Å². The van der Waals surface area contributed by atoms with Gasteiger partial charge in [0.25, 0.3) is 0 Å². The fraction of sp³-hybridized carbons (Fsp3) is 0.273. The van der Waals surface area contributed by atoms with Gasteiger partial charge < -0.3 is 4.74 Å². The topological polar surface area (TPSA) is 43.4 Å². The summed E-state index contributed by atoms with van der Waals surface area (Å²) in [6.07, 6.45) is 0. The van der Waals surface area contributed by atoms with Crippen molar-refractivity contribution in [1.29, 1.82) is 0 Å². The number of fused-ring (bicyclic) bond motifs is 1. The molecule has 3 nitrogen and oxygen atoms in total. The highest BCUT2D eigenvalue weighted by atomic mass is 32.2. The summed E-state index contributed by atoms with van der Waals surface area (Å²) in [7, 11) is -1.68. The Morgan fingerprint density at radius 2 is 2.07 bits per heavy atom. The summed E-state index contributed by atoms with van der Waals surface area (Å²) in [6.45, 7) is 2.27. The van der Waals surface area contributed by atoms with E-state index in [9.17, 15) is 8.42 Å². The van der Waals surface area contributed by atoms with E-state index in [-0.39, 0.29) is 0 Å². The SMILES string of the molecule is COCC1=CS(=O)(=O)c2ccc(C)cc21. The number of methoxy groups -OCH3 is 1. The van der Waals surface area contributed by atoms with Crippen LogP contribution in [0.3, 0.4) is 0 Å². The van der Waals surface area contributed by atoms with Gasteiger partial charge in [-0.05, 0) is 24.1 Å². The van der Waals surface area contributed by atoms with Gasteiger partial charge in [0.1, 0.15) is 0 Å². The number of ether oxygens (including phenoxy) is 1. The molecule has 0 fully saturated rings. The van der Waals surface area contributed by atoms with Gasteiger partial charge >= 0.3 is 0 Å². The molecule has 0 N–H and O–H groups in total. The zero-order valence-corrected chi connectivity index (χ0v) is 9.47. The Bertz CT molecular complexity index is 527. The molecular formula is C11H12O3S. The van der Waals surface area contributed by atoms with Crippen LogP contribution in [0.4, 0.5) is 0 Å². The molecule has 1 aromatic rings. The molecule has 1 aliphatic heterocycles. The fourth-order valence-corrected chi connectivity index (χ4v) is 3.18. The molecule has 4 heteroatoms. The van der Waals surface area contributed by atoms with Crippen molar-refractivity contribution < 1.29 is 13.2 Å². The minimum atomic E-state index is -3.24. The van der Waals surface area contributed by atoms with E-state index in [1.54, 1.807) is 19.2 Å². The Morgan fingerprint density at radius 3 is 2.73 bits per heavy atom. The van der Waals surface area contributed by atoms with Crippen molar-refractivity contribution in [3.8, 4) is 0 Å². The van der Waals surface area contributed by atoms with Gasteiger partial charge in [-0.1, -0.05) is 17.7 Å². The average molecular weight is 224 g/mol. The van der Waals surface area contributed by atoms with Crippen LogP contribution in [-0.4, -0.2) is 22.1 Å². The van der Waals surface area contributed by atoms with Crippen molar-refractivity contribution in [3.63, 3.8) is 0 Å². The number of aryl methyl sites for hydroxylation is 1. The Balaban J connectivity index is 2.63. The van der Waals surface area contributed by atoms with Crippen LogP contribution in [0, 0.1) is 6.92 Å². The number of hydrogen-bond donors (Lipinski definition) is 0. The minimum absolute atomic E-state index is 0.329. The summed E-state index contributed by atoms with van der Waals surface area (Å²) in [4.78, 5) is 0.389. The smallest absolute Gasteiger partial charge is 0.200 e. The van der Waals surface area contributed by atoms with E-state index in [1.807, 2.05) is 13.0 Å². The van der Waals surface area contributed by atoms with Gasteiger partial charge in [-0.3, -0.25) is 0 Å².